The van der Waals surface area contributed by atoms with Crippen LogP contribution in [0, 0.1) is 10.1 Å². The summed E-state index contributed by atoms with van der Waals surface area (Å²) >= 11 is 0. The first-order chi connectivity index (χ1) is 14.6. The van der Waals surface area contributed by atoms with Crippen LogP contribution in [0.1, 0.15) is 10.4 Å². The monoisotopic (exact) mass is 401 g/mol. The van der Waals surface area contributed by atoms with Gasteiger partial charge in [0.1, 0.15) is 12.1 Å². The van der Waals surface area contributed by atoms with E-state index >= 15 is 0 Å². The van der Waals surface area contributed by atoms with E-state index < -0.39 is 4.92 Å². The zero-order valence-electron chi connectivity index (χ0n) is 15.5. The van der Waals surface area contributed by atoms with Crippen LogP contribution in [0.5, 0.6) is 0 Å². The van der Waals surface area contributed by atoms with E-state index in [0.29, 0.717) is 22.9 Å². The molecule has 4 rings (SSSR count). The Bertz CT molecular complexity index is 1170. The lowest BCUT2D eigenvalue weighted by atomic mass is 10.2. The van der Waals surface area contributed by atoms with Crippen molar-refractivity contribution in [2.45, 2.75) is 0 Å². The van der Waals surface area contributed by atoms with E-state index in [1.54, 1.807) is 53.5 Å². The molecule has 1 amide bonds. The molecule has 0 atom stereocenters. The smallest absolute Gasteiger partial charge is 0.269 e. The minimum Gasteiger partial charge on any atom is -0.340 e. The Balaban J connectivity index is 1.41. The molecule has 0 spiro atoms. The fourth-order valence-corrected chi connectivity index (χ4v) is 2.67. The molecule has 0 aliphatic carbocycles. The van der Waals surface area contributed by atoms with E-state index in [-0.39, 0.29) is 11.6 Å². The zero-order valence-corrected chi connectivity index (χ0v) is 15.5. The maximum atomic E-state index is 12.3. The van der Waals surface area contributed by atoms with E-state index in [2.05, 4.69) is 25.7 Å². The summed E-state index contributed by atoms with van der Waals surface area (Å²) in [6.07, 6.45) is 4.89. The second kappa shape index (κ2) is 8.19. The third-order valence-corrected chi connectivity index (χ3v) is 4.15. The van der Waals surface area contributed by atoms with Crippen molar-refractivity contribution in [3.63, 3.8) is 0 Å². The van der Waals surface area contributed by atoms with Crippen molar-refractivity contribution in [2.24, 2.45) is 0 Å². The van der Waals surface area contributed by atoms with Crippen molar-refractivity contribution in [1.82, 2.24) is 19.7 Å². The van der Waals surface area contributed by atoms with Gasteiger partial charge in [-0.2, -0.15) is 5.10 Å². The molecule has 0 aliphatic heterocycles. The first kappa shape index (κ1) is 18.7. The molecule has 148 valence electrons. The Hall–Kier alpha value is -4.60. The van der Waals surface area contributed by atoms with Crippen LogP contribution in [0.2, 0.25) is 0 Å². The molecule has 0 fully saturated rings. The largest absolute Gasteiger partial charge is 0.340 e. The Morgan fingerprint density at radius 3 is 2.40 bits per heavy atom. The molecule has 10 heteroatoms. The van der Waals surface area contributed by atoms with Crippen LogP contribution >= 0.6 is 0 Å². The maximum absolute atomic E-state index is 12.3. The normalized spacial score (nSPS) is 10.4. The quantitative estimate of drug-likeness (QED) is 0.373. The van der Waals surface area contributed by atoms with Crippen LogP contribution < -0.4 is 10.6 Å². The van der Waals surface area contributed by atoms with E-state index in [1.165, 1.54) is 30.6 Å². The van der Waals surface area contributed by atoms with Gasteiger partial charge in [0.25, 0.3) is 11.6 Å². The van der Waals surface area contributed by atoms with Gasteiger partial charge in [-0.1, -0.05) is 0 Å². The Morgan fingerprint density at radius 2 is 1.73 bits per heavy atom. The van der Waals surface area contributed by atoms with Crippen molar-refractivity contribution < 1.29 is 9.72 Å². The number of benzene rings is 2. The number of nitro groups is 1. The fourth-order valence-electron chi connectivity index (χ4n) is 2.67. The highest BCUT2D eigenvalue weighted by molar-refractivity contribution is 6.04. The second-order valence-corrected chi connectivity index (χ2v) is 6.17. The molecule has 0 saturated carbocycles. The molecule has 2 N–H and O–H groups in total. The van der Waals surface area contributed by atoms with Crippen molar-refractivity contribution in [1.29, 1.82) is 0 Å². The van der Waals surface area contributed by atoms with Gasteiger partial charge >= 0.3 is 0 Å². The Morgan fingerprint density at radius 1 is 1.00 bits per heavy atom. The van der Waals surface area contributed by atoms with Crippen LogP contribution in [0.3, 0.4) is 0 Å². The minimum absolute atomic E-state index is 0.0672. The molecular formula is C20H15N7O3. The maximum Gasteiger partial charge on any atom is 0.269 e. The molecule has 0 bridgehead atoms. The summed E-state index contributed by atoms with van der Waals surface area (Å²) in [6, 6.07) is 16.0. The zero-order chi connectivity index (χ0) is 20.9. The number of anilines is 3. The van der Waals surface area contributed by atoms with Crippen LogP contribution in [-0.4, -0.2) is 30.6 Å². The van der Waals surface area contributed by atoms with Gasteiger partial charge in [0.05, 0.1) is 4.92 Å². The predicted octanol–water partition coefficient (Wildman–Crippen LogP) is 3.57. The molecule has 0 radical (unpaired) electrons. The van der Waals surface area contributed by atoms with Crippen LogP contribution in [-0.2, 0) is 0 Å². The fraction of sp³-hybridized carbons (Fsp3) is 0. The SMILES string of the molecule is O=C(Nc1ccc(Nc2cc(-n3cccn3)ncn2)cc1)c1ccc([N+](=O)[O-])cc1. The van der Waals surface area contributed by atoms with Crippen LogP contribution in [0.4, 0.5) is 22.9 Å². The van der Waals surface area contributed by atoms with Gasteiger partial charge in [0.15, 0.2) is 5.82 Å². The van der Waals surface area contributed by atoms with Crippen molar-refractivity contribution >= 4 is 28.8 Å². The lowest BCUT2D eigenvalue weighted by Gasteiger charge is -2.09. The molecule has 30 heavy (non-hydrogen) atoms. The second-order valence-electron chi connectivity index (χ2n) is 6.17. The van der Waals surface area contributed by atoms with E-state index in [1.807, 2.05) is 0 Å². The van der Waals surface area contributed by atoms with Gasteiger partial charge in [-0.15, -0.1) is 0 Å². The minimum atomic E-state index is -0.511. The highest BCUT2D eigenvalue weighted by Gasteiger charge is 2.10. The summed E-state index contributed by atoms with van der Waals surface area (Å²) in [6.45, 7) is 0. The van der Waals surface area contributed by atoms with Gasteiger partial charge in [0, 0.05) is 47.5 Å². The number of nitrogens with zero attached hydrogens (tertiary/aromatic N) is 5. The first-order valence-corrected chi connectivity index (χ1v) is 8.83. The number of nitrogens with one attached hydrogen (secondary N) is 2. The number of hydrogen-bond acceptors (Lipinski definition) is 7. The molecule has 4 aromatic rings. The third kappa shape index (κ3) is 4.28. The molecule has 2 aromatic carbocycles. The third-order valence-electron chi connectivity index (χ3n) is 4.15. The number of carbonyl (C=O) groups is 1. The Labute approximate surface area is 170 Å². The van der Waals surface area contributed by atoms with Crippen molar-refractivity contribution in [2.75, 3.05) is 10.6 Å². The summed E-state index contributed by atoms with van der Waals surface area (Å²) in [4.78, 5) is 30.9. The lowest BCUT2D eigenvalue weighted by Crippen LogP contribution is -2.11. The molecule has 2 heterocycles. The number of aromatic nitrogens is 4. The van der Waals surface area contributed by atoms with Crippen molar-refractivity contribution in [3.05, 3.63) is 95.1 Å². The number of amides is 1. The molecular weight excluding hydrogens is 386 g/mol. The summed E-state index contributed by atoms with van der Waals surface area (Å²) < 4.78 is 1.63. The van der Waals surface area contributed by atoms with Crippen LogP contribution in [0.15, 0.2) is 79.4 Å². The van der Waals surface area contributed by atoms with Crippen LogP contribution in [0.25, 0.3) is 5.82 Å². The standard InChI is InChI=1S/C20H15N7O3/c28-20(14-2-8-17(9-3-14)27(29)30)25-16-6-4-15(5-7-16)24-18-12-19(22-13-21-18)26-11-1-10-23-26/h1-13H,(H,25,28)(H,21,22,24). The summed E-state index contributed by atoms with van der Waals surface area (Å²) in [7, 11) is 0. The van der Waals surface area contributed by atoms with Gasteiger partial charge in [-0.25, -0.2) is 14.6 Å². The van der Waals surface area contributed by atoms with E-state index in [9.17, 15) is 14.9 Å². The highest BCUT2D eigenvalue weighted by atomic mass is 16.6. The molecule has 0 saturated heterocycles. The van der Waals surface area contributed by atoms with Gasteiger partial charge < -0.3 is 10.6 Å². The predicted molar refractivity (Wildman–Crippen MR) is 110 cm³/mol. The average molecular weight is 401 g/mol. The Kier molecular flexibility index (Phi) is 5.12. The average Bonchev–Trinajstić information content (AvgIpc) is 3.30. The molecule has 0 unspecified atom stereocenters. The first-order valence-electron chi connectivity index (χ1n) is 8.83. The lowest BCUT2D eigenvalue weighted by molar-refractivity contribution is -0.384. The van der Waals surface area contributed by atoms with Gasteiger partial charge in [0.2, 0.25) is 0 Å². The van der Waals surface area contributed by atoms with Gasteiger partial charge in [-0.05, 0) is 42.5 Å². The molecule has 10 nitrogen and oxygen atoms in total. The summed E-state index contributed by atoms with van der Waals surface area (Å²) in [5.74, 6) is 0.868. The number of rotatable bonds is 6. The van der Waals surface area contributed by atoms with E-state index in [4.69, 9.17) is 0 Å². The topological polar surface area (TPSA) is 128 Å². The van der Waals surface area contributed by atoms with Gasteiger partial charge in [-0.3, -0.25) is 14.9 Å². The number of hydrogen-bond donors (Lipinski definition) is 2. The number of nitro benzene ring substituents is 1. The van der Waals surface area contributed by atoms with Crippen molar-refractivity contribution in [3.8, 4) is 5.82 Å². The number of non-ortho nitro benzene ring substituents is 1. The summed E-state index contributed by atoms with van der Waals surface area (Å²) in [5, 5.41) is 20.8. The summed E-state index contributed by atoms with van der Waals surface area (Å²) in [5.41, 5.74) is 1.62. The molecule has 2 aromatic heterocycles. The molecule has 0 aliphatic rings. The van der Waals surface area contributed by atoms with E-state index in [0.717, 1.165) is 5.69 Å². The number of carbonyl (C=O) groups excluding carboxylic acids is 1. The highest BCUT2D eigenvalue weighted by Crippen LogP contribution is 2.19.